The Morgan fingerprint density at radius 1 is 1.25 bits per heavy atom. The van der Waals surface area contributed by atoms with Crippen LogP contribution in [0.1, 0.15) is 20.8 Å². The van der Waals surface area contributed by atoms with Crippen LogP contribution < -0.4 is 5.32 Å². The van der Waals surface area contributed by atoms with Crippen LogP contribution >= 0.6 is 0 Å². The number of carbonyl (C=O) groups excluding carboxylic acids is 3. The highest BCUT2D eigenvalue weighted by Crippen LogP contribution is 2.18. The predicted molar refractivity (Wildman–Crippen MR) is 73.2 cm³/mol. The van der Waals surface area contributed by atoms with Crippen molar-refractivity contribution in [1.29, 1.82) is 0 Å². The molecule has 6 nitrogen and oxygen atoms in total. The summed E-state index contributed by atoms with van der Waals surface area (Å²) in [5.41, 5.74) is 1.29. The Kier molecular flexibility index (Phi) is 5.06. The zero-order valence-corrected chi connectivity index (χ0v) is 11.5. The quantitative estimate of drug-likeness (QED) is 0.838. The third kappa shape index (κ3) is 4.96. The summed E-state index contributed by atoms with van der Waals surface area (Å²) >= 11 is 0. The van der Waals surface area contributed by atoms with Crippen LogP contribution in [-0.2, 0) is 14.3 Å². The third-order valence-electron chi connectivity index (χ3n) is 2.20. The minimum absolute atomic E-state index is 0.250. The van der Waals surface area contributed by atoms with Crippen LogP contribution in [0.25, 0.3) is 10.9 Å². The van der Waals surface area contributed by atoms with E-state index in [4.69, 9.17) is 14.3 Å². The Labute approximate surface area is 116 Å². The van der Waals surface area contributed by atoms with Crippen molar-refractivity contribution in [3.05, 3.63) is 30.5 Å². The standard InChI is InChI=1S/C13H16N2O2.CO2/c1-13(2,3)17-12(16)15-10-4-5-11-9(8-10)6-7-14-11;2-1-3/h4-8,14H,1-3H3,(H,15,16);. The van der Waals surface area contributed by atoms with Crippen molar-refractivity contribution in [2.45, 2.75) is 26.4 Å². The average molecular weight is 276 g/mol. The highest BCUT2D eigenvalue weighted by molar-refractivity contribution is 5.90. The number of anilines is 1. The molecule has 2 rings (SSSR count). The van der Waals surface area contributed by atoms with Gasteiger partial charge in [-0.1, -0.05) is 0 Å². The molecule has 1 aromatic heterocycles. The number of hydrogen-bond donors (Lipinski definition) is 2. The van der Waals surface area contributed by atoms with Gasteiger partial charge >= 0.3 is 12.2 Å². The van der Waals surface area contributed by atoms with E-state index in [0.717, 1.165) is 16.6 Å². The Bertz CT molecular complexity index is 619. The number of fused-ring (bicyclic) bond motifs is 1. The minimum atomic E-state index is -0.484. The number of H-pyrrole nitrogens is 1. The van der Waals surface area contributed by atoms with Gasteiger partial charge in [0.2, 0.25) is 0 Å². The number of ether oxygens (including phenoxy) is 1. The van der Waals surface area contributed by atoms with Gasteiger partial charge < -0.3 is 9.72 Å². The molecule has 20 heavy (non-hydrogen) atoms. The van der Waals surface area contributed by atoms with Gasteiger partial charge in [-0.2, -0.15) is 9.59 Å². The average Bonchev–Trinajstić information content (AvgIpc) is 2.74. The largest absolute Gasteiger partial charge is 0.444 e. The molecule has 1 heterocycles. The molecule has 106 valence electrons. The zero-order valence-electron chi connectivity index (χ0n) is 11.5. The molecule has 1 amide bonds. The number of carbonyl (C=O) groups is 1. The molecular weight excluding hydrogens is 260 g/mol. The highest BCUT2D eigenvalue weighted by atomic mass is 16.6. The van der Waals surface area contributed by atoms with E-state index in [0.29, 0.717) is 0 Å². The number of nitrogens with one attached hydrogen (secondary N) is 2. The molecule has 0 atom stereocenters. The Balaban J connectivity index is 0.000000612. The summed E-state index contributed by atoms with van der Waals surface area (Å²) in [7, 11) is 0. The summed E-state index contributed by atoms with van der Waals surface area (Å²) in [6, 6.07) is 7.61. The number of amides is 1. The fourth-order valence-electron chi connectivity index (χ4n) is 1.55. The molecule has 0 saturated heterocycles. The molecule has 0 aliphatic rings. The molecular formula is C14H16N2O4. The third-order valence-corrected chi connectivity index (χ3v) is 2.20. The number of rotatable bonds is 1. The minimum Gasteiger partial charge on any atom is -0.444 e. The van der Waals surface area contributed by atoms with E-state index in [2.05, 4.69) is 10.3 Å². The first-order valence-corrected chi connectivity index (χ1v) is 5.92. The van der Waals surface area contributed by atoms with Crippen molar-refractivity contribution < 1.29 is 19.1 Å². The van der Waals surface area contributed by atoms with Gasteiger partial charge in [-0.3, -0.25) is 5.32 Å². The first-order chi connectivity index (χ1) is 9.35. The second-order valence-corrected chi connectivity index (χ2v) is 4.99. The second kappa shape index (κ2) is 6.54. The molecule has 0 saturated carbocycles. The van der Waals surface area contributed by atoms with Crippen molar-refractivity contribution in [1.82, 2.24) is 4.98 Å². The van der Waals surface area contributed by atoms with Crippen molar-refractivity contribution in [3.8, 4) is 0 Å². The van der Waals surface area contributed by atoms with Crippen molar-refractivity contribution in [2.24, 2.45) is 0 Å². The molecule has 6 heteroatoms. The lowest BCUT2D eigenvalue weighted by Crippen LogP contribution is -2.27. The molecule has 0 unspecified atom stereocenters. The zero-order chi connectivity index (χ0) is 15.2. The fraction of sp³-hybridized carbons (Fsp3) is 0.286. The molecule has 0 aliphatic heterocycles. The van der Waals surface area contributed by atoms with E-state index >= 15 is 0 Å². The Hall–Kier alpha value is -2.59. The van der Waals surface area contributed by atoms with Gasteiger partial charge in [0.15, 0.2) is 0 Å². The topological polar surface area (TPSA) is 88.3 Å². The fourth-order valence-corrected chi connectivity index (χ4v) is 1.55. The van der Waals surface area contributed by atoms with Gasteiger partial charge in [0.05, 0.1) is 0 Å². The van der Waals surface area contributed by atoms with Crippen molar-refractivity contribution >= 4 is 28.8 Å². The summed E-state index contributed by atoms with van der Waals surface area (Å²) in [5.74, 6) is 0. The molecule has 0 bridgehead atoms. The first-order valence-electron chi connectivity index (χ1n) is 5.92. The molecule has 0 fully saturated rings. The normalized spacial score (nSPS) is 10.2. The van der Waals surface area contributed by atoms with Crippen LogP contribution in [-0.4, -0.2) is 22.8 Å². The lowest BCUT2D eigenvalue weighted by molar-refractivity contribution is -0.191. The van der Waals surface area contributed by atoms with E-state index in [1.807, 2.05) is 51.2 Å². The van der Waals surface area contributed by atoms with Gasteiger partial charge in [-0.05, 0) is 45.0 Å². The van der Waals surface area contributed by atoms with Gasteiger partial charge in [-0.25, -0.2) is 4.79 Å². The van der Waals surface area contributed by atoms with Crippen molar-refractivity contribution in [3.63, 3.8) is 0 Å². The second-order valence-electron chi connectivity index (χ2n) is 4.99. The van der Waals surface area contributed by atoms with Crippen LogP contribution in [0.5, 0.6) is 0 Å². The van der Waals surface area contributed by atoms with E-state index in [1.165, 1.54) is 0 Å². The Morgan fingerprint density at radius 3 is 2.50 bits per heavy atom. The maximum absolute atomic E-state index is 11.6. The van der Waals surface area contributed by atoms with Crippen LogP contribution in [0.15, 0.2) is 30.5 Å². The first kappa shape index (κ1) is 15.5. The van der Waals surface area contributed by atoms with E-state index in [1.54, 1.807) is 0 Å². The number of hydrogen-bond acceptors (Lipinski definition) is 4. The molecule has 2 aromatic rings. The lowest BCUT2D eigenvalue weighted by atomic mass is 10.2. The van der Waals surface area contributed by atoms with Crippen molar-refractivity contribution in [2.75, 3.05) is 5.32 Å². The lowest BCUT2D eigenvalue weighted by Gasteiger charge is -2.19. The number of aromatic nitrogens is 1. The van der Waals surface area contributed by atoms with E-state index in [-0.39, 0.29) is 6.15 Å². The van der Waals surface area contributed by atoms with E-state index in [9.17, 15) is 4.79 Å². The summed E-state index contributed by atoms with van der Waals surface area (Å²) in [6.07, 6.45) is 1.68. The summed E-state index contributed by atoms with van der Waals surface area (Å²) < 4.78 is 5.18. The Morgan fingerprint density at radius 2 is 1.90 bits per heavy atom. The predicted octanol–water partition coefficient (Wildman–Crippen LogP) is 2.93. The number of benzene rings is 1. The monoisotopic (exact) mass is 276 g/mol. The summed E-state index contributed by atoms with van der Waals surface area (Å²) in [5, 5.41) is 3.76. The molecule has 0 radical (unpaired) electrons. The maximum atomic E-state index is 11.6. The smallest absolute Gasteiger partial charge is 0.412 e. The van der Waals surface area contributed by atoms with Gasteiger partial charge in [-0.15, -0.1) is 0 Å². The van der Waals surface area contributed by atoms with Gasteiger partial charge in [0.25, 0.3) is 0 Å². The summed E-state index contributed by atoms with van der Waals surface area (Å²) in [4.78, 5) is 30.9. The van der Waals surface area contributed by atoms with Gasteiger partial charge in [0, 0.05) is 22.8 Å². The van der Waals surface area contributed by atoms with Crippen LogP contribution in [0.4, 0.5) is 10.5 Å². The van der Waals surface area contributed by atoms with Crippen LogP contribution in [0, 0.1) is 0 Å². The SMILES string of the molecule is CC(C)(C)OC(=O)Nc1ccc2[nH]ccc2c1.O=C=O. The van der Waals surface area contributed by atoms with Gasteiger partial charge in [0.1, 0.15) is 5.60 Å². The molecule has 0 aliphatic carbocycles. The summed E-state index contributed by atoms with van der Waals surface area (Å²) in [6.45, 7) is 5.51. The van der Waals surface area contributed by atoms with Crippen LogP contribution in [0.2, 0.25) is 0 Å². The molecule has 1 aromatic carbocycles. The molecule has 2 N–H and O–H groups in total. The highest BCUT2D eigenvalue weighted by Gasteiger charge is 2.16. The number of aromatic amines is 1. The maximum Gasteiger partial charge on any atom is 0.412 e. The van der Waals surface area contributed by atoms with Crippen LogP contribution in [0.3, 0.4) is 0 Å². The van der Waals surface area contributed by atoms with E-state index < -0.39 is 11.7 Å². The molecule has 0 spiro atoms.